The van der Waals surface area contributed by atoms with Crippen molar-refractivity contribution >= 4 is 35.1 Å². The molecule has 3 heterocycles. The van der Waals surface area contributed by atoms with Gasteiger partial charge in [0, 0.05) is 24.2 Å². The Morgan fingerprint density at radius 3 is 2.38 bits per heavy atom. The third-order valence-electron chi connectivity index (χ3n) is 5.98. The molecule has 3 aromatic rings. The highest BCUT2D eigenvalue weighted by Gasteiger charge is 2.40. The summed E-state index contributed by atoms with van der Waals surface area (Å²) < 4.78 is 0. The van der Waals surface area contributed by atoms with Crippen molar-refractivity contribution in [1.82, 2.24) is 20.2 Å². The topological polar surface area (TPSA) is 80.8 Å². The third-order valence-corrected chi connectivity index (χ3v) is 7.45. The van der Waals surface area contributed by atoms with Crippen LogP contribution in [-0.2, 0) is 12.8 Å². The molecule has 6 nitrogen and oxygen atoms in total. The predicted molar refractivity (Wildman–Crippen MR) is 115 cm³/mol. The van der Waals surface area contributed by atoms with E-state index in [0.29, 0.717) is 27.2 Å². The Labute approximate surface area is 178 Å². The van der Waals surface area contributed by atoms with E-state index in [9.17, 15) is 0 Å². The van der Waals surface area contributed by atoms with Crippen molar-refractivity contribution in [1.29, 1.82) is 0 Å². The molecule has 1 aliphatic carbocycles. The van der Waals surface area contributed by atoms with Gasteiger partial charge in [-0.25, -0.2) is 9.97 Å². The van der Waals surface area contributed by atoms with E-state index in [1.807, 2.05) is 6.07 Å². The lowest BCUT2D eigenvalue weighted by Gasteiger charge is -2.39. The molecule has 1 aromatic carbocycles. The molecular formula is C21H21ClN6S. The second kappa shape index (κ2) is 7.46. The number of rotatable bonds is 3. The molecule has 0 saturated carbocycles. The summed E-state index contributed by atoms with van der Waals surface area (Å²) in [5, 5.41) is 9.80. The first-order valence-electron chi connectivity index (χ1n) is 9.71. The monoisotopic (exact) mass is 424 g/mol. The highest BCUT2D eigenvalue weighted by molar-refractivity contribution is 7.99. The van der Waals surface area contributed by atoms with Gasteiger partial charge in [-0.3, -0.25) is 0 Å². The molecule has 2 aliphatic rings. The lowest BCUT2D eigenvalue weighted by atomic mass is 9.76. The second-order valence-corrected chi connectivity index (χ2v) is 9.26. The number of nitrogen functional groups attached to an aromatic ring is 1. The SMILES string of the molecule is Nc1nccc(Sc2cnc(N3CCC4(CC3)Cc3ccccc3C4)nn2)c1Cl. The fraction of sp³-hybridized carbons (Fsp3) is 0.333. The van der Waals surface area contributed by atoms with Crippen LogP contribution in [0.2, 0.25) is 5.02 Å². The van der Waals surface area contributed by atoms with E-state index in [0.717, 1.165) is 30.8 Å². The van der Waals surface area contributed by atoms with Crippen molar-refractivity contribution in [3.8, 4) is 0 Å². The van der Waals surface area contributed by atoms with Crippen molar-refractivity contribution in [2.45, 2.75) is 35.6 Å². The molecule has 0 bridgehead atoms. The number of benzene rings is 1. The lowest BCUT2D eigenvalue weighted by Crippen LogP contribution is -2.41. The van der Waals surface area contributed by atoms with E-state index in [-0.39, 0.29) is 0 Å². The maximum absolute atomic E-state index is 6.20. The Balaban J connectivity index is 1.24. The Hall–Kier alpha value is -2.38. The van der Waals surface area contributed by atoms with E-state index >= 15 is 0 Å². The van der Waals surface area contributed by atoms with Gasteiger partial charge in [-0.05, 0) is 48.3 Å². The summed E-state index contributed by atoms with van der Waals surface area (Å²) in [7, 11) is 0. The van der Waals surface area contributed by atoms with Gasteiger partial charge < -0.3 is 10.6 Å². The minimum Gasteiger partial charge on any atom is -0.382 e. The first-order chi connectivity index (χ1) is 14.1. The molecule has 1 spiro atoms. The van der Waals surface area contributed by atoms with Crippen LogP contribution in [0.25, 0.3) is 0 Å². The van der Waals surface area contributed by atoms with Crippen LogP contribution in [0.15, 0.2) is 52.6 Å². The van der Waals surface area contributed by atoms with Gasteiger partial charge in [0.25, 0.3) is 0 Å². The van der Waals surface area contributed by atoms with Crippen LogP contribution >= 0.6 is 23.4 Å². The van der Waals surface area contributed by atoms with Crippen molar-refractivity contribution < 1.29 is 0 Å². The quantitative estimate of drug-likeness (QED) is 0.679. The van der Waals surface area contributed by atoms with Crippen molar-refractivity contribution in [3.05, 3.63) is 58.9 Å². The molecule has 1 saturated heterocycles. The van der Waals surface area contributed by atoms with Gasteiger partial charge in [0.1, 0.15) is 10.8 Å². The van der Waals surface area contributed by atoms with Gasteiger partial charge in [-0.15, -0.1) is 10.2 Å². The van der Waals surface area contributed by atoms with Crippen LogP contribution in [0.3, 0.4) is 0 Å². The number of halogens is 1. The number of nitrogens with two attached hydrogens (primary N) is 1. The number of fused-ring (bicyclic) bond motifs is 1. The number of nitrogens with zero attached hydrogens (tertiary/aromatic N) is 5. The van der Waals surface area contributed by atoms with E-state index in [1.54, 1.807) is 12.4 Å². The summed E-state index contributed by atoms with van der Waals surface area (Å²) in [6.07, 6.45) is 8.09. The molecule has 0 unspecified atom stereocenters. The minimum atomic E-state index is 0.311. The average Bonchev–Trinajstić information content (AvgIpc) is 3.10. The molecule has 8 heteroatoms. The van der Waals surface area contributed by atoms with Crippen LogP contribution in [0.5, 0.6) is 0 Å². The molecule has 0 atom stereocenters. The standard InChI is InChI=1S/C21H21ClN6S/c22-18-16(5-8-24-19(18)23)29-17-13-25-20(27-26-17)28-9-6-21(7-10-28)11-14-3-1-2-4-15(14)12-21/h1-5,8,13H,6-7,9-12H2,(H2,23,24). The fourth-order valence-electron chi connectivity index (χ4n) is 4.39. The molecular weight excluding hydrogens is 404 g/mol. The van der Waals surface area contributed by atoms with Gasteiger partial charge in [-0.2, -0.15) is 0 Å². The van der Waals surface area contributed by atoms with Gasteiger partial charge in [0.2, 0.25) is 5.95 Å². The molecule has 1 aliphatic heterocycles. The van der Waals surface area contributed by atoms with Crippen molar-refractivity contribution in [3.63, 3.8) is 0 Å². The zero-order chi connectivity index (χ0) is 19.8. The fourth-order valence-corrected chi connectivity index (χ4v) is 5.35. The lowest BCUT2D eigenvalue weighted by molar-refractivity contribution is 0.231. The average molecular weight is 425 g/mol. The number of anilines is 2. The van der Waals surface area contributed by atoms with Gasteiger partial charge in [0.15, 0.2) is 0 Å². The normalized spacial score (nSPS) is 17.5. The Bertz CT molecular complexity index is 1010. The van der Waals surface area contributed by atoms with Gasteiger partial charge in [0.05, 0.1) is 11.2 Å². The molecule has 148 valence electrons. The summed E-state index contributed by atoms with van der Waals surface area (Å²) in [5.74, 6) is 1.01. The van der Waals surface area contributed by atoms with E-state index < -0.39 is 0 Å². The van der Waals surface area contributed by atoms with Gasteiger partial charge in [-0.1, -0.05) is 47.6 Å². The highest BCUT2D eigenvalue weighted by Crippen LogP contribution is 2.44. The summed E-state index contributed by atoms with van der Waals surface area (Å²) in [4.78, 5) is 11.6. The number of pyridine rings is 1. The first kappa shape index (κ1) is 18.6. The first-order valence-corrected chi connectivity index (χ1v) is 10.9. The summed E-state index contributed by atoms with van der Waals surface area (Å²) >= 11 is 7.59. The van der Waals surface area contributed by atoms with E-state index in [4.69, 9.17) is 17.3 Å². The molecule has 2 aromatic heterocycles. The molecule has 29 heavy (non-hydrogen) atoms. The molecule has 0 radical (unpaired) electrons. The molecule has 1 fully saturated rings. The highest BCUT2D eigenvalue weighted by atomic mass is 35.5. The molecule has 2 N–H and O–H groups in total. The van der Waals surface area contributed by atoms with Crippen molar-refractivity contribution in [2.75, 3.05) is 23.7 Å². The van der Waals surface area contributed by atoms with Crippen LogP contribution in [0.4, 0.5) is 11.8 Å². The largest absolute Gasteiger partial charge is 0.382 e. The van der Waals surface area contributed by atoms with E-state index in [1.165, 1.54) is 35.7 Å². The summed E-state index contributed by atoms with van der Waals surface area (Å²) in [5.41, 5.74) is 9.21. The Kier molecular flexibility index (Phi) is 4.80. The minimum absolute atomic E-state index is 0.311. The number of aromatic nitrogens is 4. The third kappa shape index (κ3) is 3.65. The maximum Gasteiger partial charge on any atom is 0.245 e. The van der Waals surface area contributed by atoms with Crippen LogP contribution in [0, 0.1) is 5.41 Å². The Morgan fingerprint density at radius 2 is 1.72 bits per heavy atom. The van der Waals surface area contributed by atoms with Crippen LogP contribution < -0.4 is 10.6 Å². The predicted octanol–water partition coefficient (Wildman–Crippen LogP) is 4.04. The number of hydrogen-bond donors (Lipinski definition) is 1. The zero-order valence-corrected chi connectivity index (χ0v) is 17.5. The summed E-state index contributed by atoms with van der Waals surface area (Å²) in [6.45, 7) is 1.93. The van der Waals surface area contributed by atoms with Gasteiger partial charge >= 0.3 is 0 Å². The molecule has 0 amide bonds. The number of hydrogen-bond acceptors (Lipinski definition) is 7. The molecule has 5 rings (SSSR count). The second-order valence-electron chi connectivity index (χ2n) is 7.82. The Morgan fingerprint density at radius 1 is 1.00 bits per heavy atom. The summed E-state index contributed by atoms with van der Waals surface area (Å²) in [6, 6.07) is 10.7. The number of piperidine rings is 1. The smallest absolute Gasteiger partial charge is 0.245 e. The zero-order valence-electron chi connectivity index (χ0n) is 15.9. The maximum atomic E-state index is 6.20. The van der Waals surface area contributed by atoms with Crippen LogP contribution in [-0.4, -0.2) is 33.3 Å². The van der Waals surface area contributed by atoms with E-state index in [2.05, 4.69) is 49.3 Å². The van der Waals surface area contributed by atoms with Crippen LogP contribution in [0.1, 0.15) is 24.0 Å². The van der Waals surface area contributed by atoms with Crippen molar-refractivity contribution in [2.24, 2.45) is 5.41 Å².